The van der Waals surface area contributed by atoms with Gasteiger partial charge in [-0.15, -0.1) is 11.3 Å². The van der Waals surface area contributed by atoms with Crippen LogP contribution in [-0.2, 0) is 4.79 Å². The lowest BCUT2D eigenvalue weighted by atomic mass is 9.90. The van der Waals surface area contributed by atoms with Crippen molar-refractivity contribution in [3.63, 3.8) is 0 Å². The number of nitrogens with zero attached hydrogens (tertiary/aromatic N) is 3. The molecule has 1 fully saturated rings. The van der Waals surface area contributed by atoms with Crippen molar-refractivity contribution in [1.29, 1.82) is 0 Å². The Bertz CT molecular complexity index is 1290. The van der Waals surface area contributed by atoms with Crippen LogP contribution < -0.4 is 14.9 Å². The van der Waals surface area contributed by atoms with Gasteiger partial charge in [-0.2, -0.15) is 5.10 Å². The fourth-order valence-electron chi connectivity index (χ4n) is 4.05. The fourth-order valence-corrected chi connectivity index (χ4v) is 4.90. The van der Waals surface area contributed by atoms with Gasteiger partial charge in [-0.3, -0.25) is 4.79 Å². The fraction of sp³-hybridized carbons (Fsp3) is 0.292. The average molecular weight is 469 g/mol. The molecule has 1 aliphatic heterocycles. The molecular formula is C24H22F2N4O2S. The lowest BCUT2D eigenvalue weighted by Crippen LogP contribution is -2.25. The maximum atomic E-state index is 14.3. The van der Waals surface area contributed by atoms with E-state index in [2.05, 4.69) is 10.3 Å². The Morgan fingerprint density at radius 2 is 1.97 bits per heavy atom. The molecule has 0 saturated heterocycles. The predicted octanol–water partition coefficient (Wildman–Crippen LogP) is 5.47. The van der Waals surface area contributed by atoms with Crippen molar-refractivity contribution in [3.8, 4) is 17.0 Å². The minimum Gasteiger partial charge on any atom is -0.482 e. The molecule has 0 unspecified atom stereocenters. The van der Waals surface area contributed by atoms with Crippen molar-refractivity contribution in [2.24, 2.45) is 16.0 Å². The van der Waals surface area contributed by atoms with E-state index in [1.165, 1.54) is 42.7 Å². The standard InChI is InChI=1S/C24H22F2N4O2S/c25-17-7-8-19(18(26)11-17)29-24-30(27-12-15-4-2-1-3-5-15)21(14-33-24)16-6-9-22-20(10-16)28-23(31)13-32-22/h6-12,14-15H,1-5,13H2,(H,28,31). The Labute approximate surface area is 193 Å². The van der Waals surface area contributed by atoms with E-state index in [-0.39, 0.29) is 18.2 Å². The van der Waals surface area contributed by atoms with Gasteiger partial charge in [-0.25, -0.2) is 18.4 Å². The zero-order valence-corrected chi connectivity index (χ0v) is 18.6. The summed E-state index contributed by atoms with van der Waals surface area (Å²) >= 11 is 1.31. The van der Waals surface area contributed by atoms with E-state index in [1.54, 1.807) is 10.7 Å². The third kappa shape index (κ3) is 4.73. The van der Waals surface area contributed by atoms with Gasteiger partial charge in [-0.05, 0) is 49.1 Å². The van der Waals surface area contributed by atoms with Gasteiger partial charge in [0.15, 0.2) is 12.4 Å². The Kier molecular flexibility index (Phi) is 6.04. The number of ether oxygens (including phenoxy) is 1. The number of rotatable bonds is 4. The van der Waals surface area contributed by atoms with Crippen LogP contribution in [0, 0.1) is 17.6 Å². The molecule has 9 heteroatoms. The number of anilines is 1. The molecule has 33 heavy (non-hydrogen) atoms. The van der Waals surface area contributed by atoms with Crippen molar-refractivity contribution in [2.75, 3.05) is 11.9 Å². The van der Waals surface area contributed by atoms with Crippen molar-refractivity contribution in [3.05, 3.63) is 58.2 Å². The number of halogens is 2. The minimum atomic E-state index is -0.735. The zero-order valence-electron chi connectivity index (χ0n) is 17.8. The quantitative estimate of drug-likeness (QED) is 0.516. The molecule has 1 saturated carbocycles. The van der Waals surface area contributed by atoms with E-state index in [0.717, 1.165) is 30.2 Å². The highest BCUT2D eigenvalue weighted by atomic mass is 32.1. The lowest BCUT2D eigenvalue weighted by molar-refractivity contribution is -0.118. The summed E-state index contributed by atoms with van der Waals surface area (Å²) in [6, 6.07) is 8.81. The number of carbonyl (C=O) groups is 1. The van der Waals surface area contributed by atoms with Crippen LogP contribution in [-0.4, -0.2) is 23.4 Å². The molecule has 0 spiro atoms. The summed E-state index contributed by atoms with van der Waals surface area (Å²) in [4.78, 5) is 16.6. The maximum absolute atomic E-state index is 14.3. The summed E-state index contributed by atoms with van der Waals surface area (Å²) < 4.78 is 34.7. The third-order valence-electron chi connectivity index (χ3n) is 5.76. The topological polar surface area (TPSA) is 68.0 Å². The minimum absolute atomic E-state index is 0.0112. The Balaban J connectivity index is 1.59. The zero-order chi connectivity index (χ0) is 22.8. The molecule has 3 aromatic rings. The van der Waals surface area contributed by atoms with Crippen LogP contribution in [0.15, 0.2) is 51.9 Å². The predicted molar refractivity (Wildman–Crippen MR) is 124 cm³/mol. The van der Waals surface area contributed by atoms with Gasteiger partial charge in [-0.1, -0.05) is 19.3 Å². The highest BCUT2D eigenvalue weighted by Crippen LogP contribution is 2.33. The normalized spacial score (nSPS) is 17.2. The summed E-state index contributed by atoms with van der Waals surface area (Å²) in [5.74, 6) is -0.619. The molecule has 1 aromatic heterocycles. The van der Waals surface area contributed by atoms with Crippen LogP contribution in [0.25, 0.3) is 11.3 Å². The summed E-state index contributed by atoms with van der Waals surface area (Å²) in [6.45, 7) is -0.0112. The van der Waals surface area contributed by atoms with E-state index in [1.807, 2.05) is 23.7 Å². The summed E-state index contributed by atoms with van der Waals surface area (Å²) in [7, 11) is 0. The summed E-state index contributed by atoms with van der Waals surface area (Å²) in [5.41, 5.74) is 2.17. The number of nitrogens with one attached hydrogen (secondary N) is 1. The molecule has 2 heterocycles. The molecule has 0 bridgehead atoms. The molecule has 1 N–H and O–H groups in total. The van der Waals surface area contributed by atoms with Gasteiger partial charge in [0.25, 0.3) is 5.91 Å². The Morgan fingerprint density at radius 1 is 1.12 bits per heavy atom. The summed E-state index contributed by atoms with van der Waals surface area (Å²) in [5, 5.41) is 9.43. The summed E-state index contributed by atoms with van der Waals surface area (Å²) in [6.07, 6.45) is 7.73. The van der Waals surface area contributed by atoms with Crippen LogP contribution in [0.5, 0.6) is 5.75 Å². The van der Waals surface area contributed by atoms with Crippen molar-refractivity contribution in [2.45, 2.75) is 32.1 Å². The van der Waals surface area contributed by atoms with Gasteiger partial charge in [0.2, 0.25) is 4.80 Å². The van der Waals surface area contributed by atoms with Gasteiger partial charge in [0, 0.05) is 23.2 Å². The highest BCUT2D eigenvalue weighted by Gasteiger charge is 2.18. The molecule has 0 radical (unpaired) electrons. The van der Waals surface area contributed by atoms with Crippen molar-refractivity contribution >= 4 is 34.8 Å². The number of hydrogen-bond acceptors (Lipinski definition) is 5. The number of hydrogen-bond donors (Lipinski definition) is 1. The van der Waals surface area contributed by atoms with Crippen molar-refractivity contribution in [1.82, 2.24) is 4.68 Å². The van der Waals surface area contributed by atoms with Crippen LogP contribution >= 0.6 is 11.3 Å². The second kappa shape index (κ2) is 9.27. The molecule has 6 nitrogen and oxygen atoms in total. The van der Waals surface area contributed by atoms with E-state index < -0.39 is 11.6 Å². The molecule has 2 aliphatic rings. The lowest BCUT2D eigenvalue weighted by Gasteiger charge is -2.19. The Morgan fingerprint density at radius 3 is 2.79 bits per heavy atom. The van der Waals surface area contributed by atoms with E-state index in [4.69, 9.17) is 9.84 Å². The molecular weight excluding hydrogens is 446 g/mol. The van der Waals surface area contributed by atoms with Crippen LogP contribution in [0.4, 0.5) is 20.2 Å². The van der Waals surface area contributed by atoms with Gasteiger partial charge >= 0.3 is 0 Å². The van der Waals surface area contributed by atoms with E-state index in [0.29, 0.717) is 22.2 Å². The number of thiazole rings is 1. The van der Waals surface area contributed by atoms with Crippen LogP contribution in [0.2, 0.25) is 0 Å². The molecule has 170 valence electrons. The largest absolute Gasteiger partial charge is 0.482 e. The first-order chi connectivity index (χ1) is 16.1. The monoisotopic (exact) mass is 468 g/mol. The molecule has 2 aromatic carbocycles. The number of fused-ring (bicyclic) bond motifs is 1. The first-order valence-electron chi connectivity index (χ1n) is 10.9. The van der Waals surface area contributed by atoms with Gasteiger partial charge < -0.3 is 10.1 Å². The highest BCUT2D eigenvalue weighted by molar-refractivity contribution is 7.07. The van der Waals surface area contributed by atoms with Crippen LogP contribution in [0.1, 0.15) is 32.1 Å². The molecule has 0 atom stereocenters. The first-order valence-corrected chi connectivity index (χ1v) is 11.8. The van der Waals surface area contributed by atoms with Gasteiger partial charge in [0.05, 0.1) is 11.4 Å². The number of aromatic nitrogens is 1. The number of benzene rings is 2. The number of carbonyl (C=O) groups excluding carboxylic acids is 1. The Hall–Kier alpha value is -3.33. The maximum Gasteiger partial charge on any atom is 0.262 e. The second-order valence-corrected chi connectivity index (χ2v) is 8.97. The molecule has 1 amide bonds. The first kappa shape index (κ1) is 21.5. The van der Waals surface area contributed by atoms with E-state index >= 15 is 0 Å². The molecule has 1 aliphatic carbocycles. The SMILES string of the molecule is O=C1COc2ccc(-c3csc(=Nc4ccc(F)cc4F)n3N=CC3CCCCC3)cc2N1. The smallest absolute Gasteiger partial charge is 0.262 e. The van der Waals surface area contributed by atoms with Crippen molar-refractivity contribution < 1.29 is 18.3 Å². The third-order valence-corrected chi connectivity index (χ3v) is 6.58. The van der Waals surface area contributed by atoms with E-state index in [9.17, 15) is 13.6 Å². The van der Waals surface area contributed by atoms with Crippen LogP contribution in [0.3, 0.4) is 0 Å². The second-order valence-electron chi connectivity index (χ2n) is 8.13. The number of amides is 1. The van der Waals surface area contributed by atoms with Gasteiger partial charge in [0.1, 0.15) is 17.3 Å². The molecule has 5 rings (SSSR count). The average Bonchev–Trinajstić information content (AvgIpc) is 3.22.